The first-order valence-corrected chi connectivity index (χ1v) is 8.36. The third-order valence-corrected chi connectivity index (χ3v) is 4.02. The minimum absolute atomic E-state index is 0.0149. The second kappa shape index (κ2) is 6.76. The van der Waals surface area contributed by atoms with Gasteiger partial charge in [0, 0.05) is 12.0 Å². The lowest BCUT2D eigenvalue weighted by Crippen LogP contribution is -2.19. The summed E-state index contributed by atoms with van der Waals surface area (Å²) in [6.45, 7) is 11.0. The molecule has 0 spiro atoms. The fraction of sp³-hybridized carbons (Fsp3) is 0.444. The number of hydrogen-bond acceptors (Lipinski definition) is 6. The van der Waals surface area contributed by atoms with Crippen molar-refractivity contribution in [3.05, 3.63) is 53.7 Å². The lowest BCUT2D eigenvalue weighted by atomic mass is 9.96. The number of rotatable bonds is 5. The van der Waals surface area contributed by atoms with Gasteiger partial charge in [-0.2, -0.15) is 10.1 Å². The Balaban J connectivity index is 1.65. The van der Waals surface area contributed by atoms with E-state index < -0.39 is 0 Å². The largest absolute Gasteiger partial charge is 0.338 e. The molecule has 3 rings (SSSR count). The highest BCUT2D eigenvalue weighted by Crippen LogP contribution is 2.21. The summed E-state index contributed by atoms with van der Waals surface area (Å²) in [5, 5.41) is 11.7. The lowest BCUT2D eigenvalue weighted by molar-refractivity contribution is 0.330. The van der Waals surface area contributed by atoms with E-state index in [0.717, 1.165) is 17.1 Å². The molecule has 0 aliphatic heterocycles. The van der Waals surface area contributed by atoms with E-state index >= 15 is 0 Å². The molecule has 0 saturated carbocycles. The van der Waals surface area contributed by atoms with Crippen LogP contribution in [0.25, 0.3) is 5.69 Å². The van der Waals surface area contributed by atoms with Crippen molar-refractivity contribution in [2.75, 3.05) is 0 Å². The van der Waals surface area contributed by atoms with Gasteiger partial charge in [-0.25, -0.2) is 9.67 Å². The Bertz CT molecular complexity index is 832. The fourth-order valence-corrected chi connectivity index (χ4v) is 2.49. The Labute approximate surface area is 147 Å². The van der Waals surface area contributed by atoms with Gasteiger partial charge in [-0.1, -0.05) is 38.1 Å². The van der Waals surface area contributed by atoms with Crippen molar-refractivity contribution in [3.8, 4) is 5.69 Å². The highest BCUT2D eigenvalue weighted by molar-refractivity contribution is 5.41. The number of nitrogens with one attached hydrogen (secondary N) is 1. The van der Waals surface area contributed by atoms with E-state index in [4.69, 9.17) is 4.52 Å². The van der Waals surface area contributed by atoms with Crippen LogP contribution >= 0.6 is 0 Å². The maximum absolute atomic E-state index is 5.39. The van der Waals surface area contributed by atoms with Gasteiger partial charge in [0.1, 0.15) is 12.7 Å². The van der Waals surface area contributed by atoms with E-state index in [9.17, 15) is 0 Å². The summed E-state index contributed by atoms with van der Waals surface area (Å²) in [6, 6.07) is 6.26. The van der Waals surface area contributed by atoms with Crippen molar-refractivity contribution in [2.24, 2.45) is 0 Å². The number of hydrogen-bond donors (Lipinski definition) is 1. The molecule has 0 bridgehead atoms. The van der Waals surface area contributed by atoms with Crippen molar-refractivity contribution in [1.82, 2.24) is 30.2 Å². The molecule has 7 nitrogen and oxygen atoms in total. The van der Waals surface area contributed by atoms with E-state index in [1.807, 2.05) is 6.92 Å². The van der Waals surface area contributed by atoms with Crippen LogP contribution in [0.3, 0.4) is 0 Å². The molecule has 0 aliphatic rings. The topological polar surface area (TPSA) is 81.7 Å². The van der Waals surface area contributed by atoms with Gasteiger partial charge in [-0.05, 0) is 31.0 Å². The molecule has 1 N–H and O–H groups in total. The second-order valence-electron chi connectivity index (χ2n) is 7.27. The monoisotopic (exact) mass is 340 g/mol. The molecule has 2 heterocycles. The summed E-state index contributed by atoms with van der Waals surface area (Å²) >= 11 is 0. The van der Waals surface area contributed by atoms with Gasteiger partial charge in [0.2, 0.25) is 5.89 Å². The normalized spacial score (nSPS) is 13.2. The Kier molecular flexibility index (Phi) is 4.67. The first-order chi connectivity index (χ1) is 11.8. The van der Waals surface area contributed by atoms with E-state index in [1.165, 1.54) is 11.9 Å². The van der Waals surface area contributed by atoms with Gasteiger partial charge < -0.3 is 9.84 Å². The smallest absolute Gasteiger partial charge is 0.243 e. The molecular weight excluding hydrogens is 316 g/mol. The van der Waals surface area contributed by atoms with Crippen LogP contribution in [0.15, 0.2) is 35.4 Å². The van der Waals surface area contributed by atoms with E-state index in [2.05, 4.69) is 71.4 Å². The Morgan fingerprint density at radius 3 is 2.68 bits per heavy atom. The maximum atomic E-state index is 5.39. The number of nitrogens with zero attached hydrogens (tertiary/aromatic N) is 5. The van der Waals surface area contributed by atoms with Gasteiger partial charge in [-0.3, -0.25) is 0 Å². The van der Waals surface area contributed by atoms with Crippen molar-refractivity contribution in [2.45, 2.75) is 52.6 Å². The summed E-state index contributed by atoms with van der Waals surface area (Å²) in [5.41, 5.74) is 3.24. The van der Waals surface area contributed by atoms with Gasteiger partial charge in [0.25, 0.3) is 0 Å². The van der Waals surface area contributed by atoms with Gasteiger partial charge in [0.05, 0.1) is 11.7 Å². The van der Waals surface area contributed by atoms with Crippen LogP contribution in [0, 0.1) is 6.92 Å². The molecule has 1 aromatic carbocycles. The highest BCUT2D eigenvalue weighted by Gasteiger charge is 2.22. The average molecular weight is 340 g/mol. The Morgan fingerprint density at radius 1 is 1.28 bits per heavy atom. The molecule has 2 aromatic heterocycles. The van der Waals surface area contributed by atoms with Crippen LogP contribution in [0.2, 0.25) is 0 Å². The van der Waals surface area contributed by atoms with Crippen LogP contribution < -0.4 is 5.32 Å². The van der Waals surface area contributed by atoms with Gasteiger partial charge in [-0.15, -0.1) is 0 Å². The van der Waals surface area contributed by atoms with Gasteiger partial charge >= 0.3 is 0 Å². The highest BCUT2D eigenvalue weighted by atomic mass is 16.5. The number of aryl methyl sites for hydroxylation is 1. The van der Waals surface area contributed by atoms with Crippen LogP contribution in [0.5, 0.6) is 0 Å². The number of aromatic nitrogens is 5. The quantitative estimate of drug-likeness (QED) is 0.768. The molecular formula is C18H24N6O. The molecule has 1 atom stereocenters. The zero-order chi connectivity index (χ0) is 18.0. The molecule has 0 radical (unpaired) electrons. The van der Waals surface area contributed by atoms with Crippen molar-refractivity contribution < 1.29 is 4.52 Å². The van der Waals surface area contributed by atoms with Gasteiger partial charge in [0.15, 0.2) is 5.82 Å². The molecule has 0 aliphatic carbocycles. The average Bonchev–Trinajstić information content (AvgIpc) is 3.23. The predicted octanol–water partition coefficient (Wildman–Crippen LogP) is 3.11. The van der Waals surface area contributed by atoms with Crippen LogP contribution in [-0.4, -0.2) is 24.9 Å². The Morgan fingerprint density at radius 2 is 2.08 bits per heavy atom. The molecule has 7 heteroatoms. The van der Waals surface area contributed by atoms with Crippen molar-refractivity contribution in [1.29, 1.82) is 0 Å². The van der Waals surface area contributed by atoms with Crippen LogP contribution in [-0.2, 0) is 12.0 Å². The van der Waals surface area contributed by atoms with Crippen LogP contribution in [0.4, 0.5) is 0 Å². The lowest BCUT2D eigenvalue weighted by Gasteiger charge is -2.13. The van der Waals surface area contributed by atoms with E-state index in [0.29, 0.717) is 12.4 Å². The van der Waals surface area contributed by atoms with Crippen LogP contribution in [0.1, 0.15) is 56.6 Å². The standard InChI is InChI=1S/C18H24N6O/c1-12-8-14(6-7-15(12)24-11-19-10-21-24)9-20-13(2)16-22-17(23-25-16)18(3,4)5/h6-8,10-11,13,20H,9H2,1-5H3. The third-order valence-electron chi connectivity index (χ3n) is 4.02. The SMILES string of the molecule is Cc1cc(CNC(C)c2nc(C(C)(C)C)no2)ccc1-n1cncn1. The van der Waals surface area contributed by atoms with E-state index in [1.54, 1.807) is 11.0 Å². The molecule has 0 amide bonds. The van der Waals surface area contributed by atoms with Crippen molar-refractivity contribution >= 4 is 0 Å². The fourth-order valence-electron chi connectivity index (χ4n) is 2.49. The van der Waals surface area contributed by atoms with E-state index in [-0.39, 0.29) is 11.5 Å². The summed E-state index contributed by atoms with van der Waals surface area (Å²) in [7, 11) is 0. The maximum Gasteiger partial charge on any atom is 0.243 e. The molecule has 0 fully saturated rings. The predicted molar refractivity (Wildman–Crippen MR) is 94.3 cm³/mol. The Hall–Kier alpha value is -2.54. The number of benzene rings is 1. The second-order valence-corrected chi connectivity index (χ2v) is 7.27. The van der Waals surface area contributed by atoms with Crippen molar-refractivity contribution in [3.63, 3.8) is 0 Å². The molecule has 132 valence electrons. The molecule has 25 heavy (non-hydrogen) atoms. The summed E-state index contributed by atoms with van der Waals surface area (Å²) in [4.78, 5) is 8.49. The minimum Gasteiger partial charge on any atom is -0.338 e. The third kappa shape index (κ3) is 3.93. The zero-order valence-electron chi connectivity index (χ0n) is 15.3. The first-order valence-electron chi connectivity index (χ1n) is 8.36. The zero-order valence-corrected chi connectivity index (χ0v) is 15.3. The molecule has 3 aromatic rings. The summed E-state index contributed by atoms with van der Waals surface area (Å²) in [6.07, 6.45) is 3.23. The summed E-state index contributed by atoms with van der Waals surface area (Å²) < 4.78 is 7.16. The molecule has 0 saturated heterocycles. The minimum atomic E-state index is -0.115. The summed E-state index contributed by atoms with van der Waals surface area (Å²) in [5.74, 6) is 1.34. The first kappa shape index (κ1) is 17.3. The molecule has 1 unspecified atom stereocenters.